The molecule has 19 heavy (non-hydrogen) atoms. The van der Waals surface area contributed by atoms with Crippen LogP contribution in [-0.4, -0.2) is 43.7 Å². The molecule has 0 unspecified atom stereocenters. The first-order chi connectivity index (χ1) is 8.93. The molecule has 0 atom stereocenters. The number of anilines is 1. The van der Waals surface area contributed by atoms with Gasteiger partial charge in [0, 0.05) is 35.9 Å². The summed E-state index contributed by atoms with van der Waals surface area (Å²) in [5.74, 6) is 0.563. The molecule has 3 nitrogen and oxygen atoms in total. The summed E-state index contributed by atoms with van der Waals surface area (Å²) in [7, 11) is 4.14. The Balaban J connectivity index is 2.97. The van der Waals surface area contributed by atoms with Crippen LogP contribution >= 0.6 is 11.6 Å². The van der Waals surface area contributed by atoms with Crippen LogP contribution in [0.15, 0.2) is 18.2 Å². The Morgan fingerprint density at radius 3 is 2.42 bits per heavy atom. The van der Waals surface area contributed by atoms with Crippen molar-refractivity contribution in [1.82, 2.24) is 4.90 Å². The highest BCUT2D eigenvalue weighted by atomic mass is 35.5. The van der Waals surface area contributed by atoms with Gasteiger partial charge in [-0.05, 0) is 32.1 Å². The van der Waals surface area contributed by atoms with Gasteiger partial charge in [-0.2, -0.15) is 0 Å². The maximum atomic E-state index is 9.49. The van der Waals surface area contributed by atoms with E-state index in [1.165, 1.54) is 0 Å². The first-order valence-electron chi connectivity index (χ1n) is 6.73. The molecule has 1 N–H and O–H groups in total. The Labute approximate surface area is 121 Å². The van der Waals surface area contributed by atoms with Crippen molar-refractivity contribution in [2.45, 2.75) is 20.5 Å². The molecule has 0 saturated carbocycles. The van der Waals surface area contributed by atoms with Gasteiger partial charge in [0.1, 0.15) is 0 Å². The van der Waals surface area contributed by atoms with E-state index in [0.717, 1.165) is 30.9 Å². The van der Waals surface area contributed by atoms with Crippen LogP contribution < -0.4 is 4.90 Å². The summed E-state index contributed by atoms with van der Waals surface area (Å²) in [5.41, 5.74) is 1.98. The van der Waals surface area contributed by atoms with Crippen molar-refractivity contribution in [2.75, 3.05) is 38.6 Å². The Hall–Kier alpha value is -0.770. The number of nitrogens with zero attached hydrogens (tertiary/aromatic N) is 2. The van der Waals surface area contributed by atoms with E-state index < -0.39 is 0 Å². The number of hydrogen-bond donors (Lipinski definition) is 1. The van der Waals surface area contributed by atoms with Crippen molar-refractivity contribution in [1.29, 1.82) is 0 Å². The molecule has 0 aliphatic carbocycles. The zero-order valence-corrected chi connectivity index (χ0v) is 13.1. The van der Waals surface area contributed by atoms with Crippen LogP contribution in [0.2, 0.25) is 5.02 Å². The topological polar surface area (TPSA) is 26.7 Å². The molecule has 0 aliphatic heterocycles. The third-order valence-electron chi connectivity index (χ3n) is 2.96. The monoisotopic (exact) mass is 284 g/mol. The summed E-state index contributed by atoms with van der Waals surface area (Å²) in [5, 5.41) is 10.2. The van der Waals surface area contributed by atoms with Gasteiger partial charge in [0.25, 0.3) is 0 Å². The summed E-state index contributed by atoms with van der Waals surface area (Å²) in [4.78, 5) is 4.47. The van der Waals surface area contributed by atoms with Crippen molar-refractivity contribution in [3.63, 3.8) is 0 Å². The number of halogens is 1. The summed E-state index contributed by atoms with van der Waals surface area (Å²) >= 11 is 6.10. The Morgan fingerprint density at radius 1 is 1.21 bits per heavy atom. The van der Waals surface area contributed by atoms with Crippen molar-refractivity contribution in [3.05, 3.63) is 28.8 Å². The van der Waals surface area contributed by atoms with E-state index >= 15 is 0 Å². The number of hydrogen-bond acceptors (Lipinski definition) is 3. The van der Waals surface area contributed by atoms with E-state index in [9.17, 15) is 5.11 Å². The zero-order valence-electron chi connectivity index (χ0n) is 12.4. The summed E-state index contributed by atoms with van der Waals surface area (Å²) < 4.78 is 0. The Bertz CT molecular complexity index is 394. The van der Waals surface area contributed by atoms with Crippen molar-refractivity contribution in [2.24, 2.45) is 5.92 Å². The molecule has 1 rings (SSSR count). The number of rotatable bonds is 7. The molecular weight excluding hydrogens is 260 g/mol. The first-order valence-corrected chi connectivity index (χ1v) is 7.10. The number of aliphatic hydroxyl groups excluding tert-OH is 1. The lowest BCUT2D eigenvalue weighted by molar-refractivity contribution is 0.282. The van der Waals surface area contributed by atoms with Gasteiger partial charge in [0.05, 0.1) is 6.61 Å². The molecule has 0 heterocycles. The average molecular weight is 285 g/mol. The van der Waals surface area contributed by atoms with E-state index in [1.54, 1.807) is 0 Å². The predicted octanol–water partition coefficient (Wildman–Crippen LogP) is 2.86. The lowest BCUT2D eigenvalue weighted by Gasteiger charge is -2.30. The highest BCUT2D eigenvalue weighted by molar-refractivity contribution is 6.30. The molecule has 0 amide bonds. The molecule has 1 aromatic rings. The van der Waals surface area contributed by atoms with Gasteiger partial charge in [-0.1, -0.05) is 31.5 Å². The van der Waals surface area contributed by atoms with Crippen LogP contribution in [0.4, 0.5) is 5.69 Å². The lowest BCUT2D eigenvalue weighted by Crippen LogP contribution is -2.35. The second-order valence-corrected chi connectivity index (χ2v) is 6.01. The van der Waals surface area contributed by atoms with Crippen LogP contribution in [-0.2, 0) is 6.61 Å². The minimum atomic E-state index is 0.0447. The number of aliphatic hydroxyl groups is 1. The van der Waals surface area contributed by atoms with Crippen LogP contribution in [0.25, 0.3) is 0 Å². The molecule has 0 spiro atoms. The first kappa shape index (κ1) is 16.3. The van der Waals surface area contributed by atoms with Gasteiger partial charge < -0.3 is 14.9 Å². The van der Waals surface area contributed by atoms with Gasteiger partial charge in [-0.15, -0.1) is 0 Å². The van der Waals surface area contributed by atoms with Gasteiger partial charge >= 0.3 is 0 Å². The smallest absolute Gasteiger partial charge is 0.0702 e. The molecule has 0 fully saturated rings. The molecule has 4 heteroatoms. The fourth-order valence-corrected chi connectivity index (χ4v) is 2.20. The van der Waals surface area contributed by atoms with Crippen LogP contribution in [0.1, 0.15) is 19.4 Å². The Kier molecular flexibility index (Phi) is 6.63. The third kappa shape index (κ3) is 5.39. The molecule has 1 aromatic carbocycles. The minimum absolute atomic E-state index is 0.0447. The molecule has 108 valence electrons. The van der Waals surface area contributed by atoms with Crippen LogP contribution in [0.5, 0.6) is 0 Å². The second-order valence-electron chi connectivity index (χ2n) is 5.57. The molecule has 0 aliphatic rings. The third-order valence-corrected chi connectivity index (χ3v) is 3.20. The summed E-state index contributed by atoms with van der Waals surface area (Å²) in [6.45, 7) is 7.31. The van der Waals surface area contributed by atoms with Crippen molar-refractivity contribution < 1.29 is 5.11 Å². The minimum Gasteiger partial charge on any atom is -0.392 e. The highest BCUT2D eigenvalue weighted by Crippen LogP contribution is 2.25. The zero-order chi connectivity index (χ0) is 14.4. The van der Waals surface area contributed by atoms with Gasteiger partial charge in [0.15, 0.2) is 0 Å². The van der Waals surface area contributed by atoms with E-state index in [2.05, 4.69) is 37.7 Å². The van der Waals surface area contributed by atoms with E-state index in [4.69, 9.17) is 11.6 Å². The van der Waals surface area contributed by atoms with Crippen molar-refractivity contribution >= 4 is 17.3 Å². The predicted molar refractivity (Wildman–Crippen MR) is 83.0 cm³/mol. The standard InChI is InChI=1S/C15H25ClN2O/c1-12(2)10-18(8-7-17(3)4)15-9-14(16)6-5-13(15)11-19/h5-6,9,12,19H,7-8,10-11H2,1-4H3. The average Bonchev–Trinajstić information content (AvgIpc) is 2.33. The second kappa shape index (κ2) is 7.73. The fraction of sp³-hybridized carbons (Fsp3) is 0.600. The van der Waals surface area contributed by atoms with E-state index in [-0.39, 0.29) is 6.61 Å². The molecule has 0 aromatic heterocycles. The number of likely N-dealkylation sites (N-methyl/N-ethyl adjacent to an activating group) is 1. The maximum absolute atomic E-state index is 9.49. The van der Waals surface area contributed by atoms with Crippen LogP contribution in [0.3, 0.4) is 0 Å². The quantitative estimate of drug-likeness (QED) is 0.834. The van der Waals surface area contributed by atoms with E-state index in [0.29, 0.717) is 10.9 Å². The van der Waals surface area contributed by atoms with Crippen molar-refractivity contribution in [3.8, 4) is 0 Å². The molecule has 0 bridgehead atoms. The SMILES string of the molecule is CC(C)CN(CCN(C)C)c1cc(Cl)ccc1CO. The Morgan fingerprint density at radius 2 is 1.89 bits per heavy atom. The van der Waals surface area contributed by atoms with Crippen LogP contribution in [0, 0.1) is 5.92 Å². The van der Waals surface area contributed by atoms with Gasteiger partial charge in [0.2, 0.25) is 0 Å². The lowest BCUT2D eigenvalue weighted by atomic mass is 10.1. The van der Waals surface area contributed by atoms with Gasteiger partial charge in [-0.3, -0.25) is 0 Å². The largest absolute Gasteiger partial charge is 0.392 e. The molecular formula is C15H25ClN2O. The number of benzene rings is 1. The van der Waals surface area contributed by atoms with Gasteiger partial charge in [-0.25, -0.2) is 0 Å². The molecule has 0 radical (unpaired) electrons. The summed E-state index contributed by atoms with van der Waals surface area (Å²) in [6, 6.07) is 5.68. The summed E-state index contributed by atoms with van der Waals surface area (Å²) in [6.07, 6.45) is 0. The maximum Gasteiger partial charge on any atom is 0.0702 e. The normalized spacial score (nSPS) is 11.4. The van der Waals surface area contributed by atoms with E-state index in [1.807, 2.05) is 18.2 Å². The fourth-order valence-electron chi connectivity index (χ4n) is 2.04. The molecule has 0 saturated heterocycles. The highest BCUT2D eigenvalue weighted by Gasteiger charge is 2.13.